The molecule has 3 heteroatoms. The van der Waals surface area contributed by atoms with Crippen LogP contribution >= 0.6 is 0 Å². The summed E-state index contributed by atoms with van der Waals surface area (Å²) in [5.41, 5.74) is 3.76. The number of rotatable bonds is 0. The van der Waals surface area contributed by atoms with Gasteiger partial charge in [0.05, 0.1) is 6.61 Å². The van der Waals surface area contributed by atoms with E-state index in [1.165, 1.54) is 0 Å². The Bertz CT molecular complexity index is 623. The molecule has 1 aliphatic heterocycles. The standard InChI is InChI=1S/C15H14O3/c1-7-4-5-10-8(2)6-18-15-9(3)13(16)14(17)11(7)12(10)15/h4-5,8H,6H2,1-3H3/t8-/m0/s1. The predicted molar refractivity (Wildman–Crippen MR) is 67.5 cm³/mol. The molecule has 92 valence electrons. The van der Waals surface area contributed by atoms with Gasteiger partial charge < -0.3 is 4.74 Å². The minimum Gasteiger partial charge on any atom is -0.492 e. The van der Waals surface area contributed by atoms with Crippen LogP contribution in [0.2, 0.25) is 0 Å². The van der Waals surface area contributed by atoms with E-state index >= 15 is 0 Å². The largest absolute Gasteiger partial charge is 0.492 e. The second kappa shape index (κ2) is 3.55. The topological polar surface area (TPSA) is 43.4 Å². The Hall–Kier alpha value is -1.90. The minimum absolute atomic E-state index is 0.247. The van der Waals surface area contributed by atoms with Gasteiger partial charge in [-0.2, -0.15) is 0 Å². The number of ketones is 2. The molecule has 3 nitrogen and oxygen atoms in total. The van der Waals surface area contributed by atoms with Gasteiger partial charge in [-0.15, -0.1) is 0 Å². The molecule has 0 aromatic heterocycles. The summed E-state index contributed by atoms with van der Waals surface area (Å²) in [7, 11) is 0. The van der Waals surface area contributed by atoms with E-state index in [4.69, 9.17) is 4.74 Å². The molecule has 0 unspecified atom stereocenters. The molecule has 1 heterocycles. The maximum absolute atomic E-state index is 12.2. The first kappa shape index (κ1) is 11.2. The SMILES string of the molecule is CC1=C2OC[C@H](C)c3ccc(C)c(c32)C(=O)C1=O. The molecule has 3 rings (SSSR count). The first-order valence-electron chi connectivity index (χ1n) is 6.09. The van der Waals surface area contributed by atoms with Crippen molar-refractivity contribution in [2.75, 3.05) is 6.61 Å². The fraction of sp³-hybridized carbons (Fsp3) is 0.333. The van der Waals surface area contributed by atoms with E-state index in [0.29, 0.717) is 23.5 Å². The monoisotopic (exact) mass is 242 g/mol. The lowest BCUT2D eigenvalue weighted by Gasteiger charge is -2.31. The number of carbonyl (C=O) groups excluding carboxylic acids is 2. The summed E-state index contributed by atoms with van der Waals surface area (Å²) in [5, 5.41) is 0. The highest BCUT2D eigenvalue weighted by Gasteiger charge is 2.37. The molecule has 0 fully saturated rings. The zero-order valence-electron chi connectivity index (χ0n) is 10.7. The lowest BCUT2D eigenvalue weighted by molar-refractivity contribution is -0.112. The fourth-order valence-corrected chi connectivity index (χ4v) is 2.72. The summed E-state index contributed by atoms with van der Waals surface area (Å²) in [4.78, 5) is 24.1. The van der Waals surface area contributed by atoms with Crippen LogP contribution in [0.5, 0.6) is 0 Å². The molecule has 0 amide bonds. The van der Waals surface area contributed by atoms with Crippen molar-refractivity contribution in [3.8, 4) is 0 Å². The lowest BCUT2D eigenvalue weighted by Crippen LogP contribution is -2.29. The molecule has 1 atom stereocenters. The summed E-state index contributed by atoms with van der Waals surface area (Å²) in [6, 6.07) is 3.96. The summed E-state index contributed by atoms with van der Waals surface area (Å²) in [5.74, 6) is 0.0129. The first-order chi connectivity index (χ1) is 8.52. The molecular formula is C15H14O3. The fourth-order valence-electron chi connectivity index (χ4n) is 2.72. The van der Waals surface area contributed by atoms with E-state index in [-0.39, 0.29) is 5.92 Å². The van der Waals surface area contributed by atoms with Crippen LogP contribution in [0.15, 0.2) is 17.7 Å². The van der Waals surface area contributed by atoms with E-state index in [1.807, 2.05) is 19.1 Å². The number of carbonyl (C=O) groups is 2. The van der Waals surface area contributed by atoms with Crippen LogP contribution in [0.25, 0.3) is 5.76 Å². The smallest absolute Gasteiger partial charge is 0.234 e. The molecule has 0 N–H and O–H groups in total. The molecule has 0 radical (unpaired) electrons. The van der Waals surface area contributed by atoms with Crippen molar-refractivity contribution in [2.24, 2.45) is 0 Å². The number of benzene rings is 1. The number of allylic oxidation sites excluding steroid dienone is 1. The third kappa shape index (κ3) is 1.24. The zero-order valence-corrected chi connectivity index (χ0v) is 10.7. The molecule has 1 aromatic carbocycles. The Balaban J connectivity index is 2.44. The summed E-state index contributed by atoms with van der Waals surface area (Å²) in [6.07, 6.45) is 0. The van der Waals surface area contributed by atoms with Gasteiger partial charge in [-0.05, 0) is 25.0 Å². The van der Waals surface area contributed by atoms with Gasteiger partial charge in [-0.25, -0.2) is 0 Å². The first-order valence-corrected chi connectivity index (χ1v) is 6.09. The van der Waals surface area contributed by atoms with Crippen molar-refractivity contribution in [1.82, 2.24) is 0 Å². The van der Waals surface area contributed by atoms with E-state index in [1.54, 1.807) is 6.92 Å². The van der Waals surface area contributed by atoms with Crippen LogP contribution in [0.3, 0.4) is 0 Å². The Labute approximate surface area is 105 Å². The van der Waals surface area contributed by atoms with Gasteiger partial charge >= 0.3 is 0 Å². The lowest BCUT2D eigenvalue weighted by atomic mass is 9.79. The third-order valence-electron chi connectivity index (χ3n) is 3.80. The van der Waals surface area contributed by atoms with E-state index < -0.39 is 11.6 Å². The minimum atomic E-state index is -0.438. The molecule has 1 aromatic rings. The molecule has 2 aliphatic rings. The third-order valence-corrected chi connectivity index (χ3v) is 3.80. The van der Waals surface area contributed by atoms with Crippen molar-refractivity contribution >= 4 is 17.3 Å². The van der Waals surface area contributed by atoms with Crippen LogP contribution in [0, 0.1) is 6.92 Å². The van der Waals surface area contributed by atoms with Crippen LogP contribution < -0.4 is 0 Å². The van der Waals surface area contributed by atoms with Crippen molar-refractivity contribution in [3.05, 3.63) is 40.0 Å². The summed E-state index contributed by atoms with van der Waals surface area (Å²) >= 11 is 0. The maximum atomic E-state index is 12.2. The molecule has 0 bridgehead atoms. The second-order valence-corrected chi connectivity index (χ2v) is 5.05. The molecule has 0 spiro atoms. The van der Waals surface area contributed by atoms with Gasteiger partial charge in [0.2, 0.25) is 11.6 Å². The van der Waals surface area contributed by atoms with Crippen molar-refractivity contribution < 1.29 is 14.3 Å². The van der Waals surface area contributed by atoms with Gasteiger partial charge in [0.1, 0.15) is 5.76 Å². The summed E-state index contributed by atoms with van der Waals surface area (Å²) < 4.78 is 5.69. The Kier molecular flexibility index (Phi) is 2.21. The second-order valence-electron chi connectivity index (χ2n) is 5.05. The highest BCUT2D eigenvalue weighted by atomic mass is 16.5. The van der Waals surface area contributed by atoms with Gasteiger partial charge in [0, 0.05) is 22.6 Å². The normalized spacial score (nSPS) is 21.8. The predicted octanol–water partition coefficient (Wildman–Crippen LogP) is 2.63. The van der Waals surface area contributed by atoms with Crippen LogP contribution in [-0.2, 0) is 9.53 Å². The quantitative estimate of drug-likeness (QED) is 0.657. The highest BCUT2D eigenvalue weighted by molar-refractivity contribution is 6.52. The molecule has 0 saturated heterocycles. The number of hydrogen-bond acceptors (Lipinski definition) is 3. The van der Waals surface area contributed by atoms with E-state index in [2.05, 4.69) is 6.92 Å². The van der Waals surface area contributed by atoms with E-state index in [0.717, 1.165) is 16.7 Å². The molecular weight excluding hydrogens is 228 g/mol. The molecule has 0 saturated carbocycles. The van der Waals surface area contributed by atoms with Crippen LogP contribution in [0.1, 0.15) is 46.8 Å². The Morgan fingerprint density at radius 3 is 2.56 bits per heavy atom. The van der Waals surface area contributed by atoms with Crippen molar-refractivity contribution in [2.45, 2.75) is 26.7 Å². The summed E-state index contributed by atoms with van der Waals surface area (Å²) in [6.45, 7) is 6.15. The Morgan fingerprint density at radius 2 is 1.83 bits per heavy atom. The number of ether oxygens (including phenoxy) is 1. The van der Waals surface area contributed by atoms with Crippen molar-refractivity contribution in [3.63, 3.8) is 0 Å². The Morgan fingerprint density at radius 1 is 1.11 bits per heavy atom. The number of Topliss-reactive ketones (excluding diaryl/α,β-unsaturated/α-hetero) is 2. The zero-order chi connectivity index (χ0) is 13.0. The average molecular weight is 242 g/mol. The van der Waals surface area contributed by atoms with Crippen LogP contribution in [-0.4, -0.2) is 18.2 Å². The average Bonchev–Trinajstić information content (AvgIpc) is 2.35. The number of hydrogen-bond donors (Lipinski definition) is 0. The van der Waals surface area contributed by atoms with Gasteiger partial charge in [0.25, 0.3) is 0 Å². The van der Waals surface area contributed by atoms with E-state index in [9.17, 15) is 9.59 Å². The van der Waals surface area contributed by atoms with Crippen LogP contribution in [0.4, 0.5) is 0 Å². The molecule has 1 aliphatic carbocycles. The van der Waals surface area contributed by atoms with Gasteiger partial charge in [0.15, 0.2) is 0 Å². The number of aryl methyl sites for hydroxylation is 1. The van der Waals surface area contributed by atoms with Crippen molar-refractivity contribution in [1.29, 1.82) is 0 Å². The van der Waals surface area contributed by atoms with Gasteiger partial charge in [-0.1, -0.05) is 19.1 Å². The highest BCUT2D eigenvalue weighted by Crippen LogP contribution is 2.41. The van der Waals surface area contributed by atoms with Gasteiger partial charge in [-0.3, -0.25) is 9.59 Å². The maximum Gasteiger partial charge on any atom is 0.234 e. The molecule has 18 heavy (non-hydrogen) atoms.